The van der Waals surface area contributed by atoms with Crippen LogP contribution < -0.4 is 0 Å². The lowest BCUT2D eigenvalue weighted by Gasteiger charge is -2.24. The molecule has 1 atom stereocenters. The standard InChI is InChI=1S/C18H22N2O2/c21-18(16-9-5-2-6-10-16)22-17(13-20-12-11-19-14-20)15-7-3-1-4-8-15/h1,3-4,7-8,11-12,14,16-17H,2,5-6,9-10,13H2. The van der Waals surface area contributed by atoms with Crippen molar-refractivity contribution in [2.24, 2.45) is 5.92 Å². The van der Waals surface area contributed by atoms with Crippen LogP contribution in [-0.4, -0.2) is 15.5 Å². The molecule has 1 fully saturated rings. The van der Waals surface area contributed by atoms with Crippen molar-refractivity contribution in [1.82, 2.24) is 9.55 Å². The van der Waals surface area contributed by atoms with E-state index in [0.29, 0.717) is 6.54 Å². The zero-order valence-corrected chi connectivity index (χ0v) is 12.7. The molecule has 0 radical (unpaired) electrons. The lowest BCUT2D eigenvalue weighted by atomic mass is 9.89. The number of carbonyl (C=O) groups excluding carboxylic acids is 1. The molecule has 4 heteroatoms. The number of hydrogen-bond acceptors (Lipinski definition) is 3. The van der Waals surface area contributed by atoms with Crippen LogP contribution in [-0.2, 0) is 16.1 Å². The first kappa shape index (κ1) is 14.8. The molecule has 0 saturated heterocycles. The largest absolute Gasteiger partial charge is 0.455 e. The summed E-state index contributed by atoms with van der Waals surface area (Å²) in [6.45, 7) is 0.600. The van der Waals surface area contributed by atoms with Crippen LogP contribution in [0.25, 0.3) is 0 Å². The number of nitrogens with zero attached hydrogens (tertiary/aromatic N) is 2. The van der Waals surface area contributed by atoms with Gasteiger partial charge in [-0.05, 0) is 18.4 Å². The normalized spacial score (nSPS) is 17.1. The number of aromatic nitrogens is 2. The van der Waals surface area contributed by atoms with E-state index in [2.05, 4.69) is 4.98 Å². The predicted molar refractivity (Wildman–Crippen MR) is 84.1 cm³/mol. The van der Waals surface area contributed by atoms with Crippen LogP contribution in [0, 0.1) is 5.92 Å². The number of esters is 1. The Morgan fingerprint density at radius 2 is 2.00 bits per heavy atom. The third-order valence-corrected chi connectivity index (χ3v) is 4.30. The zero-order chi connectivity index (χ0) is 15.2. The Morgan fingerprint density at radius 3 is 2.68 bits per heavy atom. The number of rotatable bonds is 5. The molecule has 1 saturated carbocycles. The summed E-state index contributed by atoms with van der Waals surface area (Å²) in [7, 11) is 0. The Kier molecular flexibility index (Phi) is 4.88. The average Bonchev–Trinajstić information content (AvgIpc) is 3.09. The van der Waals surface area contributed by atoms with Crippen LogP contribution in [0.2, 0.25) is 0 Å². The highest BCUT2D eigenvalue weighted by Crippen LogP contribution is 2.28. The molecule has 0 aliphatic heterocycles. The van der Waals surface area contributed by atoms with Gasteiger partial charge in [-0.2, -0.15) is 0 Å². The number of imidazole rings is 1. The van der Waals surface area contributed by atoms with Gasteiger partial charge >= 0.3 is 5.97 Å². The fourth-order valence-electron chi connectivity index (χ4n) is 3.04. The summed E-state index contributed by atoms with van der Waals surface area (Å²) < 4.78 is 7.81. The van der Waals surface area contributed by atoms with Crippen molar-refractivity contribution in [3.8, 4) is 0 Å². The monoisotopic (exact) mass is 298 g/mol. The van der Waals surface area contributed by atoms with E-state index in [-0.39, 0.29) is 18.0 Å². The van der Waals surface area contributed by atoms with E-state index in [4.69, 9.17) is 4.74 Å². The maximum Gasteiger partial charge on any atom is 0.309 e. The summed E-state index contributed by atoms with van der Waals surface area (Å²) >= 11 is 0. The van der Waals surface area contributed by atoms with Crippen molar-refractivity contribution in [2.45, 2.75) is 44.8 Å². The van der Waals surface area contributed by atoms with Gasteiger partial charge in [-0.15, -0.1) is 0 Å². The van der Waals surface area contributed by atoms with Crippen LogP contribution in [0.5, 0.6) is 0 Å². The van der Waals surface area contributed by atoms with E-state index in [1.54, 1.807) is 12.5 Å². The highest BCUT2D eigenvalue weighted by atomic mass is 16.5. The third kappa shape index (κ3) is 3.75. The molecule has 1 aromatic carbocycles. The lowest BCUT2D eigenvalue weighted by molar-refractivity contribution is -0.156. The van der Waals surface area contributed by atoms with Gasteiger partial charge in [0.25, 0.3) is 0 Å². The topological polar surface area (TPSA) is 44.1 Å². The quantitative estimate of drug-likeness (QED) is 0.790. The maximum atomic E-state index is 12.5. The molecule has 1 aliphatic carbocycles. The molecule has 1 aromatic heterocycles. The van der Waals surface area contributed by atoms with E-state index in [1.807, 2.05) is 41.1 Å². The third-order valence-electron chi connectivity index (χ3n) is 4.30. The second-order valence-corrected chi connectivity index (χ2v) is 5.93. The van der Waals surface area contributed by atoms with Gasteiger partial charge < -0.3 is 9.30 Å². The molecule has 0 amide bonds. The first-order valence-corrected chi connectivity index (χ1v) is 8.04. The second-order valence-electron chi connectivity index (χ2n) is 5.93. The molecule has 1 aliphatic rings. The molecule has 2 aromatic rings. The van der Waals surface area contributed by atoms with Gasteiger partial charge in [0.1, 0.15) is 6.10 Å². The molecule has 0 spiro atoms. The summed E-state index contributed by atoms with van der Waals surface area (Å²) in [5, 5.41) is 0. The molecule has 116 valence electrons. The smallest absolute Gasteiger partial charge is 0.309 e. The number of benzene rings is 1. The minimum absolute atomic E-state index is 0.0475. The van der Waals surface area contributed by atoms with Crippen LogP contribution in [0.1, 0.15) is 43.8 Å². The van der Waals surface area contributed by atoms with E-state index in [0.717, 1.165) is 31.2 Å². The van der Waals surface area contributed by atoms with Gasteiger partial charge in [-0.1, -0.05) is 49.6 Å². The van der Waals surface area contributed by atoms with Crippen molar-refractivity contribution in [2.75, 3.05) is 0 Å². The Bertz CT molecular complexity index is 574. The number of ether oxygens (including phenoxy) is 1. The van der Waals surface area contributed by atoms with Gasteiger partial charge in [0, 0.05) is 12.4 Å². The second kappa shape index (κ2) is 7.25. The van der Waals surface area contributed by atoms with Crippen LogP contribution in [0.3, 0.4) is 0 Å². The Labute approximate surface area is 131 Å². The molecule has 4 nitrogen and oxygen atoms in total. The van der Waals surface area contributed by atoms with Crippen molar-refractivity contribution in [3.63, 3.8) is 0 Å². The SMILES string of the molecule is O=C(OC(Cn1ccnc1)c1ccccc1)C1CCCCC1. The van der Waals surface area contributed by atoms with Gasteiger partial charge in [-0.3, -0.25) is 4.79 Å². The van der Waals surface area contributed by atoms with Gasteiger partial charge in [0.05, 0.1) is 18.8 Å². The van der Waals surface area contributed by atoms with Gasteiger partial charge in [0.15, 0.2) is 0 Å². The molecule has 0 N–H and O–H groups in total. The summed E-state index contributed by atoms with van der Waals surface area (Å²) in [5.74, 6) is 0.0245. The first-order valence-electron chi connectivity index (χ1n) is 8.04. The highest BCUT2D eigenvalue weighted by Gasteiger charge is 2.26. The molecular weight excluding hydrogens is 276 g/mol. The highest BCUT2D eigenvalue weighted by molar-refractivity contribution is 5.72. The van der Waals surface area contributed by atoms with Crippen molar-refractivity contribution < 1.29 is 9.53 Å². The lowest BCUT2D eigenvalue weighted by Crippen LogP contribution is -2.24. The first-order chi connectivity index (χ1) is 10.8. The molecule has 1 heterocycles. The van der Waals surface area contributed by atoms with Gasteiger partial charge in [0.2, 0.25) is 0 Å². The average molecular weight is 298 g/mol. The van der Waals surface area contributed by atoms with E-state index in [9.17, 15) is 4.79 Å². The fraction of sp³-hybridized carbons (Fsp3) is 0.444. The van der Waals surface area contributed by atoms with E-state index in [1.165, 1.54) is 6.42 Å². The predicted octanol–water partition coefficient (Wildman–Crippen LogP) is 3.75. The Morgan fingerprint density at radius 1 is 1.23 bits per heavy atom. The summed E-state index contributed by atoms with van der Waals surface area (Å²) in [6.07, 6.45) is 10.6. The number of carbonyl (C=O) groups is 1. The fourth-order valence-corrected chi connectivity index (χ4v) is 3.04. The van der Waals surface area contributed by atoms with Crippen molar-refractivity contribution in [3.05, 3.63) is 54.6 Å². The number of hydrogen-bond donors (Lipinski definition) is 0. The van der Waals surface area contributed by atoms with Crippen molar-refractivity contribution >= 4 is 5.97 Å². The van der Waals surface area contributed by atoms with Crippen LogP contribution >= 0.6 is 0 Å². The molecule has 1 unspecified atom stereocenters. The van der Waals surface area contributed by atoms with Gasteiger partial charge in [-0.25, -0.2) is 4.98 Å². The summed E-state index contributed by atoms with van der Waals surface area (Å²) in [6, 6.07) is 9.95. The molecule has 0 bridgehead atoms. The van der Waals surface area contributed by atoms with E-state index < -0.39 is 0 Å². The summed E-state index contributed by atoms with van der Waals surface area (Å²) in [4.78, 5) is 16.5. The minimum atomic E-state index is -0.259. The Balaban J connectivity index is 1.71. The molecule has 3 rings (SSSR count). The van der Waals surface area contributed by atoms with Crippen LogP contribution in [0.15, 0.2) is 49.1 Å². The zero-order valence-electron chi connectivity index (χ0n) is 12.7. The molecule has 22 heavy (non-hydrogen) atoms. The minimum Gasteiger partial charge on any atom is -0.455 e. The Hall–Kier alpha value is -2.10. The van der Waals surface area contributed by atoms with Crippen molar-refractivity contribution in [1.29, 1.82) is 0 Å². The van der Waals surface area contributed by atoms with E-state index >= 15 is 0 Å². The van der Waals surface area contributed by atoms with Crippen LogP contribution in [0.4, 0.5) is 0 Å². The summed E-state index contributed by atoms with van der Waals surface area (Å²) in [5.41, 5.74) is 1.03. The molecular formula is C18H22N2O2. The maximum absolute atomic E-state index is 12.5.